The maximum atomic E-state index is 8.86. The molecule has 2 aliphatic carbocycles. The van der Waals surface area contributed by atoms with E-state index in [4.69, 9.17) is 19.7 Å². The first-order chi connectivity index (χ1) is 16.9. The van der Waals surface area contributed by atoms with Gasteiger partial charge in [-0.15, -0.1) is 0 Å². The Bertz CT molecular complexity index is 1020. The summed E-state index contributed by atoms with van der Waals surface area (Å²) in [5.41, 5.74) is 12.2. The smallest absolute Gasteiger partial charge is 0.122 e. The van der Waals surface area contributed by atoms with E-state index >= 15 is 0 Å². The number of aromatic hydroxyl groups is 2. The summed E-state index contributed by atoms with van der Waals surface area (Å²) in [5, 5.41) is 17.7. The molecule has 2 aliphatic rings. The van der Waals surface area contributed by atoms with Crippen molar-refractivity contribution in [2.45, 2.75) is 68.2 Å². The van der Waals surface area contributed by atoms with Crippen LogP contribution in [0.3, 0.4) is 0 Å². The normalized spacial score (nSPS) is 14.1. The minimum absolute atomic E-state index is 0. The predicted molar refractivity (Wildman–Crippen MR) is 152 cm³/mol. The van der Waals surface area contributed by atoms with Gasteiger partial charge in [-0.3, -0.25) is 0 Å². The third-order valence-electron chi connectivity index (χ3n) is 6.85. The number of ether oxygens (including phenoxy) is 2. The third kappa shape index (κ3) is 11.6. The number of methoxy groups -OCH3 is 2. The van der Waals surface area contributed by atoms with Gasteiger partial charge in [0.25, 0.3) is 0 Å². The number of benzene rings is 2. The van der Waals surface area contributed by atoms with E-state index in [0.29, 0.717) is 11.5 Å². The van der Waals surface area contributed by atoms with Crippen LogP contribution < -0.4 is 9.47 Å². The van der Waals surface area contributed by atoms with Crippen LogP contribution in [0.25, 0.3) is 0 Å². The summed E-state index contributed by atoms with van der Waals surface area (Å²) in [6, 6.07) is 13.3. The summed E-state index contributed by atoms with van der Waals surface area (Å²) in [4.78, 5) is 0. The average Bonchev–Trinajstić information content (AvgIpc) is 3.22. The minimum atomic E-state index is 0. The molecule has 2 aromatic carbocycles. The summed E-state index contributed by atoms with van der Waals surface area (Å²) in [5.74, 6) is 1.81. The summed E-state index contributed by atoms with van der Waals surface area (Å²) in [6.45, 7) is 17.7. The molecule has 0 fully saturated rings. The zero-order chi connectivity index (χ0) is 27.4. The van der Waals surface area contributed by atoms with E-state index in [2.05, 4.69) is 55.4 Å². The first-order valence-corrected chi connectivity index (χ1v) is 12.2. The van der Waals surface area contributed by atoms with Crippen molar-refractivity contribution in [3.05, 3.63) is 93.1 Å². The van der Waals surface area contributed by atoms with Crippen LogP contribution in [0.15, 0.2) is 93.1 Å². The number of rotatable bonds is 2. The first-order valence-electron chi connectivity index (χ1n) is 12.2. The number of phenolic OH excluding ortho intramolecular Hbond substituents is 2. The fraction of sp³-hybridized carbons (Fsp3) is 0.375. The van der Waals surface area contributed by atoms with E-state index in [1.54, 1.807) is 85.0 Å². The second-order valence-corrected chi connectivity index (χ2v) is 9.38. The average molecular weight is 584 g/mol. The van der Waals surface area contributed by atoms with Crippen LogP contribution in [-0.2, 0) is 26.2 Å². The van der Waals surface area contributed by atoms with Crippen LogP contribution >= 0.6 is 0 Å². The molecule has 2 N–H and O–H groups in total. The Morgan fingerprint density at radius 2 is 0.784 bits per heavy atom. The van der Waals surface area contributed by atoms with E-state index in [1.807, 2.05) is 0 Å². The zero-order valence-electron chi connectivity index (χ0n) is 24.2. The zero-order valence-corrected chi connectivity index (χ0v) is 26.7. The van der Waals surface area contributed by atoms with Gasteiger partial charge in [0.2, 0.25) is 0 Å². The van der Waals surface area contributed by atoms with Gasteiger partial charge in [-0.05, 0) is 115 Å². The fourth-order valence-electron chi connectivity index (χ4n) is 3.83. The van der Waals surface area contributed by atoms with Crippen molar-refractivity contribution in [2.75, 3.05) is 14.2 Å². The van der Waals surface area contributed by atoms with Gasteiger partial charge in [0, 0.05) is 38.3 Å². The Morgan fingerprint density at radius 1 is 0.514 bits per heavy atom. The van der Waals surface area contributed by atoms with E-state index in [9.17, 15) is 0 Å². The Balaban J connectivity index is 0.000000463. The number of hydrogen-bond acceptors (Lipinski definition) is 4. The van der Waals surface area contributed by atoms with Gasteiger partial charge in [-0.2, -0.15) is 0 Å². The molecule has 200 valence electrons. The van der Waals surface area contributed by atoms with Gasteiger partial charge in [0.15, 0.2) is 0 Å². The van der Waals surface area contributed by atoms with Crippen LogP contribution in [-0.4, -0.2) is 24.4 Å². The van der Waals surface area contributed by atoms with Crippen molar-refractivity contribution in [1.29, 1.82) is 0 Å². The quantitative estimate of drug-likeness (QED) is 0.371. The minimum Gasteiger partial charge on any atom is -0.508 e. The fourth-order valence-corrected chi connectivity index (χ4v) is 3.83. The molecule has 0 spiro atoms. The second kappa shape index (κ2) is 17.1. The maximum Gasteiger partial charge on any atom is 0.122 e. The van der Waals surface area contributed by atoms with Gasteiger partial charge >= 0.3 is 0 Å². The Hall–Kier alpha value is -2.52. The van der Waals surface area contributed by atoms with Crippen molar-refractivity contribution in [1.82, 2.24) is 0 Å². The number of phenols is 2. The van der Waals surface area contributed by atoms with E-state index in [-0.39, 0.29) is 37.7 Å². The summed E-state index contributed by atoms with van der Waals surface area (Å²) in [6.07, 6.45) is 2.41. The van der Waals surface area contributed by atoms with Crippen molar-refractivity contribution < 1.29 is 45.9 Å². The van der Waals surface area contributed by atoms with Crippen molar-refractivity contribution in [2.24, 2.45) is 0 Å². The number of hydrogen-bond donors (Lipinski definition) is 2. The molecule has 0 aliphatic heterocycles. The molecule has 0 aromatic heterocycles. The van der Waals surface area contributed by atoms with Gasteiger partial charge < -0.3 is 19.7 Å². The predicted octanol–water partition coefficient (Wildman–Crippen LogP) is 8.92. The van der Waals surface area contributed by atoms with Gasteiger partial charge in [0.1, 0.15) is 23.0 Å². The molecule has 4 rings (SSSR count). The van der Waals surface area contributed by atoms with Gasteiger partial charge in [0.05, 0.1) is 14.2 Å². The summed E-state index contributed by atoms with van der Waals surface area (Å²) >= 11 is 0. The molecular formula is C32H44O4Zr. The van der Waals surface area contributed by atoms with Crippen LogP contribution in [0.4, 0.5) is 0 Å². The third-order valence-corrected chi connectivity index (χ3v) is 6.85. The Labute approximate surface area is 243 Å². The molecule has 0 amide bonds. The number of allylic oxidation sites excluding steroid dienone is 8. The molecule has 0 saturated carbocycles. The maximum absolute atomic E-state index is 8.86. The molecule has 5 heteroatoms. The van der Waals surface area contributed by atoms with Crippen LogP contribution in [0.1, 0.15) is 68.2 Å². The van der Waals surface area contributed by atoms with Crippen LogP contribution in [0.2, 0.25) is 0 Å². The molecule has 37 heavy (non-hydrogen) atoms. The standard InChI is InChI=1S/2C9H14.2C7H8O2.Zr/c2*1-6-5-7(2)9(4)8(6)3;2*1-9-7-4-2-3-6(8)5-7;/h2*5H2,1-4H3;2*2-5,8H,1H3;. The molecule has 0 atom stereocenters. The van der Waals surface area contributed by atoms with Crippen molar-refractivity contribution >= 4 is 0 Å². The second-order valence-electron chi connectivity index (χ2n) is 9.38. The topological polar surface area (TPSA) is 58.9 Å². The van der Waals surface area contributed by atoms with Crippen LogP contribution in [0.5, 0.6) is 23.0 Å². The Kier molecular flexibility index (Phi) is 15.9. The molecule has 0 unspecified atom stereocenters. The summed E-state index contributed by atoms with van der Waals surface area (Å²) in [7, 11) is 3.13. The van der Waals surface area contributed by atoms with Gasteiger partial charge in [-0.25, -0.2) is 0 Å². The first kappa shape index (κ1) is 34.5. The van der Waals surface area contributed by atoms with E-state index in [1.165, 1.54) is 35.1 Å². The van der Waals surface area contributed by atoms with Crippen molar-refractivity contribution in [3.8, 4) is 23.0 Å². The molecule has 0 radical (unpaired) electrons. The SMILES string of the molecule is CC1=C(C)C(C)=C(C)C1.CC1=C(C)C(C)=C(C)C1.COc1cccc(O)c1.COc1cccc(O)c1.[Zr]. The van der Waals surface area contributed by atoms with E-state index < -0.39 is 0 Å². The van der Waals surface area contributed by atoms with Crippen LogP contribution in [0, 0.1) is 0 Å². The van der Waals surface area contributed by atoms with E-state index in [0.717, 1.165) is 0 Å². The molecule has 4 nitrogen and oxygen atoms in total. The molecule has 0 saturated heterocycles. The molecule has 0 bridgehead atoms. The molecule has 2 aromatic rings. The summed E-state index contributed by atoms with van der Waals surface area (Å²) < 4.78 is 9.67. The van der Waals surface area contributed by atoms with Gasteiger partial charge in [-0.1, -0.05) is 34.4 Å². The molecular weight excluding hydrogens is 540 g/mol. The Morgan fingerprint density at radius 3 is 0.919 bits per heavy atom. The monoisotopic (exact) mass is 582 g/mol. The largest absolute Gasteiger partial charge is 0.508 e. The molecule has 0 heterocycles. The van der Waals surface area contributed by atoms with Crippen molar-refractivity contribution in [3.63, 3.8) is 0 Å².